The Morgan fingerprint density at radius 1 is 0.783 bits per heavy atom. The number of amidine groups is 1. The number of methoxy groups -OCH3 is 2. The van der Waals surface area contributed by atoms with Gasteiger partial charge in [0.05, 0.1) is 52.6 Å². The van der Waals surface area contributed by atoms with Crippen LogP contribution in [0.1, 0.15) is 16.7 Å². The van der Waals surface area contributed by atoms with Gasteiger partial charge in [-0.1, -0.05) is 91.0 Å². The topological polar surface area (TPSA) is 100 Å². The molecule has 1 aliphatic carbocycles. The number of ether oxygens (including phenoxy) is 6. The number of rotatable bonds is 11. The van der Waals surface area contributed by atoms with Crippen LogP contribution in [0.15, 0.2) is 125 Å². The third kappa shape index (κ3) is 6.96. The van der Waals surface area contributed by atoms with E-state index in [1.165, 1.54) is 26.4 Å². The van der Waals surface area contributed by atoms with Gasteiger partial charge in [-0.3, -0.25) is 0 Å². The maximum absolute atomic E-state index is 16.2. The molecule has 3 aliphatic rings. The molecule has 3 aromatic rings. The molecule has 1 N–H and O–H groups in total. The van der Waals surface area contributed by atoms with E-state index >= 15 is 4.39 Å². The Balaban J connectivity index is 1.34. The summed E-state index contributed by atoms with van der Waals surface area (Å²) in [6.45, 7) is 0.701. The summed E-state index contributed by atoms with van der Waals surface area (Å²) >= 11 is 0. The van der Waals surface area contributed by atoms with Crippen molar-refractivity contribution in [1.82, 2.24) is 0 Å². The van der Waals surface area contributed by atoms with Gasteiger partial charge in [0.15, 0.2) is 0 Å². The summed E-state index contributed by atoms with van der Waals surface area (Å²) in [6, 6.07) is 28.3. The van der Waals surface area contributed by atoms with Crippen LogP contribution in [-0.4, -0.2) is 68.0 Å². The smallest absolute Gasteiger partial charge is 0.315 e. The number of hydrogen-bond acceptors (Lipinski definition) is 9. The molecule has 3 aromatic carbocycles. The summed E-state index contributed by atoms with van der Waals surface area (Å²) in [5, 5.41) is 12.4. The zero-order valence-corrected chi connectivity index (χ0v) is 25.7. The molecular formula is C36H37FN2O7. The molecule has 0 amide bonds. The maximum atomic E-state index is 16.2. The van der Waals surface area contributed by atoms with Crippen molar-refractivity contribution in [3.05, 3.63) is 131 Å². The number of aliphatic imine (C=N–C) groups is 2. The van der Waals surface area contributed by atoms with Crippen LogP contribution in [0.5, 0.6) is 0 Å². The molecule has 3 unspecified atom stereocenters. The molecule has 10 heteroatoms. The number of nitrogens with zero attached hydrogens (tertiary/aromatic N) is 2. The standard InChI is InChI=1S/C36H37FN2O7/c1-41-34-27-18-29(37)28(19-30(27)38-35(39-34)42-2)36(40)33(45-22-26-16-10-5-11-17-26)32(44-21-25-14-8-4-9-15-25)31(46-36)23-43-20-24-12-6-3-7-13-24/h3-19,27,30-33,40H,20-23H2,1-2H3/t27?,30?,31-,32-,33-,36?/m1/s1. The first-order valence-corrected chi connectivity index (χ1v) is 15.2. The Kier molecular flexibility index (Phi) is 10.0. The van der Waals surface area contributed by atoms with E-state index in [-0.39, 0.29) is 37.3 Å². The lowest BCUT2D eigenvalue weighted by molar-refractivity contribution is -0.218. The highest BCUT2D eigenvalue weighted by atomic mass is 19.1. The third-order valence-corrected chi connectivity index (χ3v) is 8.15. The third-order valence-electron chi connectivity index (χ3n) is 8.15. The average molecular weight is 629 g/mol. The highest BCUT2D eigenvalue weighted by Gasteiger charge is 2.60. The monoisotopic (exact) mass is 628 g/mol. The molecular weight excluding hydrogens is 591 g/mol. The lowest BCUT2D eigenvalue weighted by Gasteiger charge is -2.35. The van der Waals surface area contributed by atoms with E-state index in [0.29, 0.717) is 6.61 Å². The van der Waals surface area contributed by atoms with Crippen LogP contribution in [0.25, 0.3) is 0 Å². The Hall–Kier alpha value is -4.19. The van der Waals surface area contributed by atoms with Crippen LogP contribution < -0.4 is 0 Å². The van der Waals surface area contributed by atoms with Crippen molar-refractivity contribution in [2.45, 2.75) is 50.0 Å². The first-order chi connectivity index (χ1) is 22.5. The zero-order chi connectivity index (χ0) is 31.9. The molecule has 2 aliphatic heterocycles. The Morgan fingerprint density at radius 2 is 1.37 bits per heavy atom. The number of hydrogen-bond donors (Lipinski definition) is 1. The molecule has 1 saturated heterocycles. The predicted molar refractivity (Wildman–Crippen MR) is 169 cm³/mol. The molecule has 0 spiro atoms. The molecule has 0 saturated carbocycles. The Morgan fingerprint density at radius 3 is 1.96 bits per heavy atom. The maximum Gasteiger partial charge on any atom is 0.315 e. The highest BCUT2D eigenvalue weighted by molar-refractivity contribution is 5.95. The van der Waals surface area contributed by atoms with E-state index in [9.17, 15) is 5.11 Å². The van der Waals surface area contributed by atoms with Gasteiger partial charge in [-0.05, 0) is 28.8 Å². The van der Waals surface area contributed by atoms with Crippen molar-refractivity contribution in [3.8, 4) is 0 Å². The summed E-state index contributed by atoms with van der Waals surface area (Å²) in [5.74, 6) is -3.34. The summed E-state index contributed by atoms with van der Waals surface area (Å²) < 4.78 is 52.2. The number of aliphatic hydroxyl groups is 1. The first kappa shape index (κ1) is 31.8. The summed E-state index contributed by atoms with van der Waals surface area (Å²) in [4.78, 5) is 8.72. The van der Waals surface area contributed by atoms with Gasteiger partial charge in [-0.25, -0.2) is 9.38 Å². The van der Waals surface area contributed by atoms with Crippen molar-refractivity contribution < 1.29 is 37.9 Å². The van der Waals surface area contributed by atoms with Gasteiger partial charge in [0.2, 0.25) is 11.7 Å². The molecule has 9 nitrogen and oxygen atoms in total. The van der Waals surface area contributed by atoms with Gasteiger partial charge >= 0.3 is 6.02 Å². The van der Waals surface area contributed by atoms with E-state index in [4.69, 9.17) is 28.4 Å². The van der Waals surface area contributed by atoms with Crippen LogP contribution in [-0.2, 0) is 48.2 Å². The second-order valence-corrected chi connectivity index (χ2v) is 11.2. The first-order valence-electron chi connectivity index (χ1n) is 15.2. The number of halogens is 1. The Labute approximate surface area is 267 Å². The summed E-state index contributed by atoms with van der Waals surface area (Å²) in [7, 11) is 2.89. The van der Waals surface area contributed by atoms with Crippen molar-refractivity contribution in [1.29, 1.82) is 0 Å². The van der Waals surface area contributed by atoms with Crippen molar-refractivity contribution in [3.63, 3.8) is 0 Å². The minimum absolute atomic E-state index is 0.0545. The van der Waals surface area contributed by atoms with Crippen molar-refractivity contribution in [2.75, 3.05) is 20.8 Å². The molecule has 240 valence electrons. The highest BCUT2D eigenvalue weighted by Crippen LogP contribution is 2.45. The molecule has 2 heterocycles. The molecule has 6 rings (SSSR count). The fourth-order valence-electron chi connectivity index (χ4n) is 5.86. The molecule has 46 heavy (non-hydrogen) atoms. The second-order valence-electron chi connectivity index (χ2n) is 11.2. The summed E-state index contributed by atoms with van der Waals surface area (Å²) in [6.07, 6.45) is 0.0513. The van der Waals surface area contributed by atoms with E-state index in [2.05, 4.69) is 9.98 Å². The molecule has 0 aromatic heterocycles. The number of fused-ring (bicyclic) bond motifs is 1. The largest absolute Gasteiger partial charge is 0.483 e. The fraction of sp³-hybridized carbons (Fsp3) is 0.333. The van der Waals surface area contributed by atoms with Crippen LogP contribution in [0, 0.1) is 5.92 Å². The van der Waals surface area contributed by atoms with Gasteiger partial charge in [0.25, 0.3) is 0 Å². The fourth-order valence-corrected chi connectivity index (χ4v) is 5.86. The lowest BCUT2D eigenvalue weighted by Crippen LogP contribution is -2.49. The molecule has 1 fully saturated rings. The van der Waals surface area contributed by atoms with E-state index in [1.54, 1.807) is 0 Å². The van der Waals surface area contributed by atoms with Gasteiger partial charge in [0, 0.05) is 5.57 Å². The minimum atomic E-state index is -2.26. The van der Waals surface area contributed by atoms with Gasteiger partial charge in [0.1, 0.15) is 24.1 Å². The lowest BCUT2D eigenvalue weighted by atomic mass is 9.85. The Bertz CT molecular complexity index is 1580. The molecule has 6 atom stereocenters. The van der Waals surface area contributed by atoms with Gasteiger partial charge in [-0.15, -0.1) is 0 Å². The second kappa shape index (κ2) is 14.5. The van der Waals surface area contributed by atoms with Gasteiger partial charge in [-0.2, -0.15) is 4.99 Å². The molecule has 0 radical (unpaired) electrons. The van der Waals surface area contributed by atoms with Crippen LogP contribution in [0.2, 0.25) is 0 Å². The van der Waals surface area contributed by atoms with E-state index < -0.39 is 41.9 Å². The normalized spacial score (nSPS) is 27.2. The van der Waals surface area contributed by atoms with E-state index in [0.717, 1.165) is 16.7 Å². The van der Waals surface area contributed by atoms with E-state index in [1.807, 2.05) is 91.0 Å². The average Bonchev–Trinajstić information content (AvgIpc) is 3.37. The zero-order valence-electron chi connectivity index (χ0n) is 25.7. The van der Waals surface area contributed by atoms with Crippen LogP contribution in [0.4, 0.5) is 4.39 Å². The predicted octanol–water partition coefficient (Wildman–Crippen LogP) is 5.30. The van der Waals surface area contributed by atoms with Gasteiger partial charge < -0.3 is 33.5 Å². The minimum Gasteiger partial charge on any atom is -0.483 e. The number of benzene rings is 3. The summed E-state index contributed by atoms with van der Waals surface area (Å²) in [5.41, 5.74) is 2.64. The van der Waals surface area contributed by atoms with Crippen molar-refractivity contribution >= 4 is 11.9 Å². The van der Waals surface area contributed by atoms with Crippen LogP contribution in [0.3, 0.4) is 0 Å². The quantitative estimate of drug-likeness (QED) is 0.308. The van der Waals surface area contributed by atoms with Crippen LogP contribution >= 0.6 is 0 Å². The SMILES string of the molecule is COC1=NC2C=C(C3(O)O[C@H](COCc4ccccc4)[C@@H](OCc4ccccc4)[C@H]3OCc3ccccc3)C(F)=CC2C(OC)=N1. The molecule has 0 bridgehead atoms. The van der Waals surface area contributed by atoms with Crippen molar-refractivity contribution in [2.24, 2.45) is 15.9 Å².